The Morgan fingerprint density at radius 2 is 1.59 bits per heavy atom. The molecule has 0 bridgehead atoms. The molecular weight excluding hydrogens is 446 g/mol. The van der Waals surface area contributed by atoms with Gasteiger partial charge in [0.05, 0.1) is 4.90 Å². The second kappa shape index (κ2) is 9.72. The van der Waals surface area contributed by atoms with Gasteiger partial charge in [0.2, 0.25) is 15.9 Å². The van der Waals surface area contributed by atoms with Crippen molar-refractivity contribution < 1.29 is 18.0 Å². The SMILES string of the molecule is Cc1ccc(C(=O)NC(C(=O)N2CCN(S(=O)(=O)c3cc(C)sc3C)CC2)C(C)C)cc1. The molecule has 2 aromatic rings. The molecule has 1 saturated heterocycles. The number of nitrogens with zero attached hydrogens (tertiary/aromatic N) is 2. The van der Waals surface area contributed by atoms with Crippen LogP contribution in [0.15, 0.2) is 35.2 Å². The van der Waals surface area contributed by atoms with Gasteiger partial charge in [-0.3, -0.25) is 9.59 Å². The van der Waals surface area contributed by atoms with E-state index >= 15 is 0 Å². The zero-order valence-corrected chi connectivity index (χ0v) is 20.8. The Bertz CT molecular complexity index is 1080. The zero-order valence-electron chi connectivity index (χ0n) is 19.2. The number of thiophene rings is 1. The number of amides is 2. The van der Waals surface area contributed by atoms with Gasteiger partial charge in [0.15, 0.2) is 0 Å². The number of rotatable bonds is 6. The first-order valence-electron chi connectivity index (χ1n) is 10.7. The normalized spacial score (nSPS) is 16.2. The molecule has 32 heavy (non-hydrogen) atoms. The molecule has 0 radical (unpaired) electrons. The first-order valence-corrected chi connectivity index (χ1v) is 13.0. The van der Waals surface area contributed by atoms with E-state index in [1.807, 2.05) is 46.8 Å². The number of aryl methyl sites for hydroxylation is 3. The van der Waals surface area contributed by atoms with E-state index in [-0.39, 0.29) is 30.8 Å². The molecule has 3 rings (SSSR count). The Hall–Kier alpha value is -2.23. The molecule has 0 aliphatic carbocycles. The first-order chi connectivity index (χ1) is 15.0. The Morgan fingerprint density at radius 3 is 2.09 bits per heavy atom. The van der Waals surface area contributed by atoms with Gasteiger partial charge in [-0.15, -0.1) is 11.3 Å². The third kappa shape index (κ3) is 5.22. The van der Waals surface area contributed by atoms with Crippen LogP contribution in [0.3, 0.4) is 0 Å². The maximum atomic E-state index is 13.2. The van der Waals surface area contributed by atoms with E-state index in [0.29, 0.717) is 23.5 Å². The molecule has 1 atom stereocenters. The number of benzene rings is 1. The summed E-state index contributed by atoms with van der Waals surface area (Å²) >= 11 is 1.47. The number of carbonyl (C=O) groups excluding carboxylic acids is 2. The van der Waals surface area contributed by atoms with Gasteiger partial charge in [-0.2, -0.15) is 4.31 Å². The monoisotopic (exact) mass is 477 g/mol. The molecule has 1 unspecified atom stereocenters. The minimum atomic E-state index is -3.58. The predicted octanol–water partition coefficient (Wildman–Crippen LogP) is 2.96. The highest BCUT2D eigenvalue weighted by Gasteiger charge is 2.35. The fourth-order valence-electron chi connectivity index (χ4n) is 3.79. The molecule has 7 nitrogen and oxygen atoms in total. The summed E-state index contributed by atoms with van der Waals surface area (Å²) in [4.78, 5) is 29.6. The summed E-state index contributed by atoms with van der Waals surface area (Å²) in [6.45, 7) is 10.5. The molecule has 2 heterocycles. The summed E-state index contributed by atoms with van der Waals surface area (Å²) in [6, 6.07) is 8.24. The molecular formula is C23H31N3O4S2. The van der Waals surface area contributed by atoms with Gasteiger partial charge in [0.25, 0.3) is 5.91 Å². The summed E-state index contributed by atoms with van der Waals surface area (Å²) in [5, 5.41) is 2.87. The van der Waals surface area contributed by atoms with Gasteiger partial charge in [-0.1, -0.05) is 31.5 Å². The largest absolute Gasteiger partial charge is 0.340 e. The van der Waals surface area contributed by atoms with Crippen LogP contribution < -0.4 is 5.32 Å². The highest BCUT2D eigenvalue weighted by atomic mass is 32.2. The van der Waals surface area contributed by atoms with Crippen LogP contribution in [-0.2, 0) is 14.8 Å². The van der Waals surface area contributed by atoms with E-state index in [0.717, 1.165) is 15.3 Å². The molecule has 174 valence electrons. The van der Waals surface area contributed by atoms with Gasteiger partial charge in [0, 0.05) is 41.5 Å². The first kappa shape index (κ1) is 24.4. The van der Waals surface area contributed by atoms with Crippen molar-refractivity contribution >= 4 is 33.2 Å². The molecule has 0 spiro atoms. The Labute approximate surface area is 194 Å². The van der Waals surface area contributed by atoms with Crippen LogP contribution in [0.5, 0.6) is 0 Å². The van der Waals surface area contributed by atoms with Gasteiger partial charge in [-0.05, 0) is 44.9 Å². The van der Waals surface area contributed by atoms with E-state index < -0.39 is 16.1 Å². The van der Waals surface area contributed by atoms with Crippen LogP contribution in [0.1, 0.15) is 39.5 Å². The van der Waals surface area contributed by atoms with Crippen LogP contribution in [0.25, 0.3) is 0 Å². The van der Waals surface area contributed by atoms with Crippen molar-refractivity contribution in [2.75, 3.05) is 26.2 Å². The van der Waals surface area contributed by atoms with Crippen molar-refractivity contribution in [2.45, 2.75) is 45.6 Å². The molecule has 1 N–H and O–H groups in total. The summed E-state index contributed by atoms with van der Waals surface area (Å²) < 4.78 is 27.5. The molecule has 1 fully saturated rings. The van der Waals surface area contributed by atoms with E-state index in [1.54, 1.807) is 23.1 Å². The smallest absolute Gasteiger partial charge is 0.251 e. The summed E-state index contributed by atoms with van der Waals surface area (Å²) in [7, 11) is -3.58. The predicted molar refractivity (Wildman–Crippen MR) is 126 cm³/mol. The molecule has 0 saturated carbocycles. The maximum absolute atomic E-state index is 13.2. The number of hydrogen-bond donors (Lipinski definition) is 1. The highest BCUT2D eigenvalue weighted by molar-refractivity contribution is 7.89. The molecule has 1 aliphatic rings. The number of nitrogens with one attached hydrogen (secondary N) is 1. The molecule has 1 aromatic carbocycles. The number of carbonyl (C=O) groups is 2. The average Bonchev–Trinajstić information content (AvgIpc) is 3.10. The van der Waals surface area contributed by atoms with Crippen molar-refractivity contribution in [1.29, 1.82) is 0 Å². The van der Waals surface area contributed by atoms with Crippen LogP contribution in [0, 0.1) is 26.7 Å². The fraction of sp³-hybridized carbons (Fsp3) is 0.478. The van der Waals surface area contributed by atoms with Gasteiger partial charge in [-0.25, -0.2) is 8.42 Å². The van der Waals surface area contributed by atoms with E-state index in [9.17, 15) is 18.0 Å². The lowest BCUT2D eigenvalue weighted by Gasteiger charge is -2.36. The second-order valence-corrected chi connectivity index (χ2v) is 11.9. The van der Waals surface area contributed by atoms with Gasteiger partial charge < -0.3 is 10.2 Å². The molecule has 2 amide bonds. The summed E-state index contributed by atoms with van der Waals surface area (Å²) in [5.41, 5.74) is 1.56. The number of sulfonamides is 1. The van der Waals surface area contributed by atoms with Gasteiger partial charge >= 0.3 is 0 Å². The second-order valence-electron chi connectivity index (χ2n) is 8.57. The van der Waals surface area contributed by atoms with Crippen molar-refractivity contribution in [3.05, 3.63) is 51.2 Å². The van der Waals surface area contributed by atoms with Crippen molar-refractivity contribution in [3.63, 3.8) is 0 Å². The van der Waals surface area contributed by atoms with Crippen LogP contribution >= 0.6 is 11.3 Å². The lowest BCUT2D eigenvalue weighted by Crippen LogP contribution is -2.57. The van der Waals surface area contributed by atoms with Crippen molar-refractivity contribution in [3.8, 4) is 0 Å². The van der Waals surface area contributed by atoms with Crippen molar-refractivity contribution in [2.24, 2.45) is 5.92 Å². The van der Waals surface area contributed by atoms with Gasteiger partial charge in [0.1, 0.15) is 6.04 Å². The Morgan fingerprint density at radius 1 is 1.00 bits per heavy atom. The van der Waals surface area contributed by atoms with E-state index in [1.165, 1.54) is 15.6 Å². The van der Waals surface area contributed by atoms with Crippen molar-refractivity contribution in [1.82, 2.24) is 14.5 Å². The van der Waals surface area contributed by atoms with Crippen LogP contribution in [-0.4, -0.2) is 61.7 Å². The Kier molecular flexibility index (Phi) is 7.42. The quantitative estimate of drug-likeness (QED) is 0.693. The molecule has 9 heteroatoms. The van der Waals surface area contributed by atoms with E-state index in [4.69, 9.17) is 0 Å². The molecule has 1 aromatic heterocycles. The third-order valence-corrected chi connectivity index (χ3v) is 8.82. The Balaban J connectivity index is 1.66. The maximum Gasteiger partial charge on any atom is 0.251 e. The summed E-state index contributed by atoms with van der Waals surface area (Å²) in [6.07, 6.45) is 0. The highest BCUT2D eigenvalue weighted by Crippen LogP contribution is 2.28. The topological polar surface area (TPSA) is 86.8 Å². The molecule has 1 aliphatic heterocycles. The van der Waals surface area contributed by atoms with Crippen LogP contribution in [0.4, 0.5) is 0 Å². The minimum Gasteiger partial charge on any atom is -0.340 e. The third-order valence-electron chi connectivity index (χ3n) is 5.70. The standard InChI is InChI=1S/C23H31N3O4S2/c1-15(2)21(24-22(27)19-8-6-16(3)7-9-19)23(28)25-10-12-26(13-11-25)32(29,30)20-14-17(4)31-18(20)5/h6-9,14-15,21H,10-13H2,1-5H3,(H,24,27). The number of hydrogen-bond acceptors (Lipinski definition) is 5. The minimum absolute atomic E-state index is 0.102. The average molecular weight is 478 g/mol. The summed E-state index contributed by atoms with van der Waals surface area (Å²) in [5.74, 6) is -0.572. The van der Waals surface area contributed by atoms with E-state index in [2.05, 4.69) is 5.32 Å². The van der Waals surface area contributed by atoms with Crippen LogP contribution in [0.2, 0.25) is 0 Å². The lowest BCUT2D eigenvalue weighted by atomic mass is 10.0. The fourth-order valence-corrected chi connectivity index (χ4v) is 6.74. The number of piperazine rings is 1. The lowest BCUT2D eigenvalue weighted by molar-refractivity contribution is -0.135. The zero-order chi connectivity index (χ0) is 23.6.